The van der Waals surface area contributed by atoms with Gasteiger partial charge >= 0.3 is 0 Å². The van der Waals surface area contributed by atoms with E-state index < -0.39 is 0 Å². The Balaban J connectivity index is 2.34. The third-order valence-electron chi connectivity index (χ3n) is 2.46. The molecule has 0 saturated carbocycles. The van der Waals surface area contributed by atoms with Crippen LogP contribution in [0.4, 0.5) is 0 Å². The van der Waals surface area contributed by atoms with Crippen molar-refractivity contribution in [2.24, 2.45) is 4.99 Å². The lowest BCUT2D eigenvalue weighted by molar-refractivity contribution is 0.973. The zero-order valence-corrected chi connectivity index (χ0v) is 6.04. The molecule has 1 atom stereocenters. The smallest absolute Gasteiger partial charge is 0.0303 e. The maximum absolute atomic E-state index is 4.19. The third-order valence-corrected chi connectivity index (χ3v) is 2.46. The highest BCUT2D eigenvalue weighted by atomic mass is 14.7. The summed E-state index contributed by atoms with van der Waals surface area (Å²) in [7, 11) is 0. The maximum Gasteiger partial charge on any atom is 0.0303 e. The van der Waals surface area contributed by atoms with Gasteiger partial charge in [-0.1, -0.05) is 0 Å². The van der Waals surface area contributed by atoms with Gasteiger partial charge in [0.25, 0.3) is 0 Å². The Morgan fingerprint density at radius 3 is 3.45 bits per heavy atom. The second-order valence-electron chi connectivity index (χ2n) is 3.09. The minimum atomic E-state index is 0.552. The Morgan fingerprint density at radius 2 is 2.45 bits per heavy atom. The molecule has 54 valence electrons. The molecule has 1 N–H and O–H groups in total. The molecule has 0 amide bonds. The number of aromatic amines is 1. The summed E-state index contributed by atoms with van der Waals surface area (Å²) in [4.78, 5) is 7.31. The van der Waals surface area contributed by atoms with E-state index in [4.69, 9.17) is 0 Å². The zero-order chi connectivity index (χ0) is 7.26. The van der Waals surface area contributed by atoms with Crippen molar-refractivity contribution < 1.29 is 0 Å². The molecule has 1 aromatic heterocycles. The van der Waals surface area contributed by atoms with Crippen LogP contribution in [0.1, 0.15) is 23.5 Å². The van der Waals surface area contributed by atoms with Crippen LogP contribution in [0.15, 0.2) is 23.6 Å². The first-order valence-corrected chi connectivity index (χ1v) is 3.84. The Bertz CT molecular complexity index is 357. The molecule has 0 aromatic carbocycles. The molecule has 3 rings (SSSR count). The minimum Gasteiger partial charge on any atom is -0.367 e. The van der Waals surface area contributed by atoms with E-state index >= 15 is 0 Å². The minimum absolute atomic E-state index is 0.552. The van der Waals surface area contributed by atoms with Gasteiger partial charge in [0.05, 0.1) is 0 Å². The van der Waals surface area contributed by atoms with Crippen molar-refractivity contribution in [3.05, 3.63) is 29.7 Å². The summed E-state index contributed by atoms with van der Waals surface area (Å²) in [5.41, 5.74) is 4.17. The molecular formula is C9H8N2. The fourth-order valence-electron chi connectivity index (χ4n) is 1.91. The maximum atomic E-state index is 4.19. The molecule has 1 aliphatic heterocycles. The number of rotatable bonds is 0. The molecular weight excluding hydrogens is 136 g/mol. The second kappa shape index (κ2) is 1.64. The molecule has 2 bridgehead atoms. The molecule has 0 radical (unpaired) electrons. The Hall–Kier alpha value is -1.31. The van der Waals surface area contributed by atoms with E-state index in [1.807, 2.05) is 12.4 Å². The summed E-state index contributed by atoms with van der Waals surface area (Å²) in [6.07, 6.45) is 9.30. The highest BCUT2D eigenvalue weighted by molar-refractivity contribution is 5.87. The van der Waals surface area contributed by atoms with Crippen LogP contribution in [0, 0.1) is 0 Å². The molecule has 2 heteroatoms. The predicted molar refractivity (Wildman–Crippen MR) is 44.6 cm³/mol. The fourth-order valence-corrected chi connectivity index (χ4v) is 1.91. The second-order valence-corrected chi connectivity index (χ2v) is 3.09. The van der Waals surface area contributed by atoms with E-state index in [-0.39, 0.29) is 0 Å². The standard InChI is InChI=1S/C9H8N2/c1-6-2-10-3-7(1)9-5-11-4-8(6)9/h2-6,11H,1H2. The third kappa shape index (κ3) is 0.546. The van der Waals surface area contributed by atoms with Crippen LogP contribution >= 0.6 is 0 Å². The number of hydrogen-bond donors (Lipinski definition) is 1. The number of H-pyrrole nitrogens is 1. The summed E-state index contributed by atoms with van der Waals surface area (Å²) in [6, 6.07) is 0. The summed E-state index contributed by atoms with van der Waals surface area (Å²) < 4.78 is 0. The van der Waals surface area contributed by atoms with E-state index in [2.05, 4.69) is 22.4 Å². The van der Waals surface area contributed by atoms with Crippen LogP contribution in [0.3, 0.4) is 0 Å². The molecule has 11 heavy (non-hydrogen) atoms. The molecule has 0 saturated heterocycles. The number of allylic oxidation sites excluding steroid dienone is 1. The predicted octanol–water partition coefficient (Wildman–Crippen LogP) is 1.93. The topological polar surface area (TPSA) is 28.1 Å². The first kappa shape index (κ1) is 5.35. The highest BCUT2D eigenvalue weighted by Crippen LogP contribution is 2.41. The van der Waals surface area contributed by atoms with Crippen molar-refractivity contribution in [2.75, 3.05) is 0 Å². The number of fused-ring (bicyclic) bond motifs is 5. The summed E-state index contributed by atoms with van der Waals surface area (Å²) in [5, 5.41) is 0. The molecule has 2 nitrogen and oxygen atoms in total. The molecule has 2 aliphatic rings. The van der Waals surface area contributed by atoms with Gasteiger partial charge in [-0.15, -0.1) is 0 Å². The molecule has 1 unspecified atom stereocenters. The number of hydrogen-bond acceptors (Lipinski definition) is 1. The van der Waals surface area contributed by atoms with E-state index in [1.165, 1.54) is 16.7 Å². The monoisotopic (exact) mass is 144 g/mol. The molecule has 0 spiro atoms. The van der Waals surface area contributed by atoms with Gasteiger partial charge in [-0.05, 0) is 17.6 Å². The van der Waals surface area contributed by atoms with Crippen molar-refractivity contribution in [3.63, 3.8) is 0 Å². The van der Waals surface area contributed by atoms with E-state index in [0.29, 0.717) is 5.92 Å². The van der Waals surface area contributed by atoms with Gasteiger partial charge < -0.3 is 4.98 Å². The Morgan fingerprint density at radius 1 is 1.45 bits per heavy atom. The lowest BCUT2D eigenvalue weighted by atomic mass is 10.1. The van der Waals surface area contributed by atoms with Crippen LogP contribution in [0.25, 0.3) is 5.57 Å². The molecule has 1 aromatic rings. The van der Waals surface area contributed by atoms with Crippen LogP contribution in [-0.2, 0) is 0 Å². The normalized spacial score (nSPS) is 25.1. The first-order valence-electron chi connectivity index (χ1n) is 3.84. The van der Waals surface area contributed by atoms with Crippen molar-refractivity contribution >= 4 is 11.8 Å². The van der Waals surface area contributed by atoms with Gasteiger partial charge in [0.2, 0.25) is 0 Å². The average molecular weight is 144 g/mol. The van der Waals surface area contributed by atoms with Gasteiger partial charge in [-0.25, -0.2) is 0 Å². The first-order chi connectivity index (χ1) is 5.45. The van der Waals surface area contributed by atoms with Crippen molar-refractivity contribution in [1.29, 1.82) is 0 Å². The van der Waals surface area contributed by atoms with Crippen LogP contribution in [0.2, 0.25) is 0 Å². The lowest BCUT2D eigenvalue weighted by Crippen LogP contribution is -1.94. The Kier molecular flexibility index (Phi) is 0.799. The van der Waals surface area contributed by atoms with E-state index in [0.717, 1.165) is 6.42 Å². The van der Waals surface area contributed by atoms with Crippen molar-refractivity contribution in [3.8, 4) is 0 Å². The van der Waals surface area contributed by atoms with Crippen molar-refractivity contribution in [2.45, 2.75) is 12.3 Å². The number of nitrogens with one attached hydrogen (secondary N) is 1. The fraction of sp³-hybridized carbons (Fsp3) is 0.222. The van der Waals surface area contributed by atoms with Gasteiger partial charge in [0, 0.05) is 36.3 Å². The van der Waals surface area contributed by atoms with Crippen molar-refractivity contribution in [1.82, 2.24) is 4.98 Å². The van der Waals surface area contributed by atoms with Gasteiger partial charge in [0.15, 0.2) is 0 Å². The van der Waals surface area contributed by atoms with Gasteiger partial charge in [0.1, 0.15) is 0 Å². The van der Waals surface area contributed by atoms with Crippen LogP contribution in [-0.4, -0.2) is 11.2 Å². The number of nitrogens with zero attached hydrogens (tertiary/aromatic N) is 1. The summed E-state index contributed by atoms with van der Waals surface area (Å²) in [6.45, 7) is 0. The van der Waals surface area contributed by atoms with Crippen LogP contribution < -0.4 is 0 Å². The Labute approximate surface area is 64.7 Å². The summed E-state index contributed by atoms with van der Waals surface area (Å²) >= 11 is 0. The van der Waals surface area contributed by atoms with Gasteiger partial charge in [-0.2, -0.15) is 0 Å². The molecule has 2 heterocycles. The average Bonchev–Trinajstić information content (AvgIpc) is 2.58. The largest absolute Gasteiger partial charge is 0.367 e. The summed E-state index contributed by atoms with van der Waals surface area (Å²) in [5.74, 6) is 0.552. The number of aliphatic imine (C=N–C) groups is 1. The molecule has 1 aliphatic carbocycles. The lowest BCUT2D eigenvalue weighted by Gasteiger charge is -2.03. The SMILES string of the molecule is C1=NC=C2CC1c1c[nH]cc12. The van der Waals surface area contributed by atoms with E-state index in [9.17, 15) is 0 Å². The molecule has 0 fully saturated rings. The highest BCUT2D eigenvalue weighted by Gasteiger charge is 2.27. The quantitative estimate of drug-likeness (QED) is 0.576. The van der Waals surface area contributed by atoms with Crippen LogP contribution in [0.5, 0.6) is 0 Å². The van der Waals surface area contributed by atoms with E-state index in [1.54, 1.807) is 0 Å². The zero-order valence-electron chi connectivity index (χ0n) is 6.04. The van der Waals surface area contributed by atoms with Gasteiger partial charge in [-0.3, -0.25) is 4.99 Å². The number of aromatic nitrogens is 1.